The highest BCUT2D eigenvalue weighted by Gasteiger charge is 2.24. The van der Waals surface area contributed by atoms with Crippen molar-refractivity contribution in [1.29, 1.82) is 0 Å². The van der Waals surface area contributed by atoms with Gasteiger partial charge in [-0.2, -0.15) is 0 Å². The van der Waals surface area contributed by atoms with Gasteiger partial charge in [-0.05, 0) is 66.0 Å². The maximum atomic E-state index is 14.8. The molecule has 172 valence electrons. The lowest BCUT2D eigenvalue weighted by atomic mass is 9.79. The average Bonchev–Trinajstić information content (AvgIpc) is 2.82. The van der Waals surface area contributed by atoms with Crippen LogP contribution in [0.15, 0.2) is 54.6 Å². The molecule has 1 nitrogen and oxygen atoms in total. The van der Waals surface area contributed by atoms with Gasteiger partial charge in [-0.3, -0.25) is 0 Å². The number of ether oxygens (including phenoxy) is 1. The standard InChI is InChI=1S/C29H29F3O/c1-3-33-27-17-15-24(18-26(27)30)21-11-6-20(7-12-21)8-13-23-14-16-25(29(32)28(23)31)22-9-4-19(2)5-10-22/h6-8,11-19,22H,3-5,9-10H2,1-2H3/b13-8+. The molecule has 0 aromatic heterocycles. The molecular formula is C29H29F3O. The Bertz CT molecular complexity index is 1130. The van der Waals surface area contributed by atoms with Gasteiger partial charge in [0.25, 0.3) is 0 Å². The van der Waals surface area contributed by atoms with E-state index in [1.165, 1.54) is 6.07 Å². The predicted octanol–water partition coefficient (Wildman–Crippen LogP) is 8.63. The molecule has 0 radical (unpaired) electrons. The van der Waals surface area contributed by atoms with Gasteiger partial charge in [-0.15, -0.1) is 0 Å². The van der Waals surface area contributed by atoms with Crippen molar-refractivity contribution < 1.29 is 17.9 Å². The summed E-state index contributed by atoms with van der Waals surface area (Å²) in [4.78, 5) is 0. The minimum atomic E-state index is -0.788. The van der Waals surface area contributed by atoms with E-state index in [9.17, 15) is 13.2 Å². The van der Waals surface area contributed by atoms with Crippen molar-refractivity contribution in [3.8, 4) is 16.9 Å². The van der Waals surface area contributed by atoms with Gasteiger partial charge in [-0.25, -0.2) is 13.2 Å². The van der Waals surface area contributed by atoms with Crippen LogP contribution in [0, 0.1) is 23.4 Å². The van der Waals surface area contributed by atoms with Crippen molar-refractivity contribution in [2.24, 2.45) is 5.92 Å². The predicted molar refractivity (Wildman–Crippen MR) is 129 cm³/mol. The van der Waals surface area contributed by atoms with Crippen LogP contribution in [0.1, 0.15) is 62.1 Å². The normalized spacial score (nSPS) is 18.6. The third kappa shape index (κ3) is 5.32. The number of hydrogen-bond donors (Lipinski definition) is 0. The van der Waals surface area contributed by atoms with Crippen LogP contribution in [0.3, 0.4) is 0 Å². The van der Waals surface area contributed by atoms with Crippen molar-refractivity contribution in [3.63, 3.8) is 0 Å². The average molecular weight is 451 g/mol. The lowest BCUT2D eigenvalue weighted by Crippen LogP contribution is -2.13. The number of rotatable bonds is 6. The molecule has 0 spiro atoms. The molecule has 4 rings (SSSR count). The molecule has 3 aromatic rings. The zero-order valence-electron chi connectivity index (χ0n) is 19.1. The van der Waals surface area contributed by atoms with E-state index in [0.717, 1.165) is 42.4 Å². The van der Waals surface area contributed by atoms with Crippen molar-refractivity contribution in [1.82, 2.24) is 0 Å². The molecule has 1 aliphatic rings. The first-order valence-electron chi connectivity index (χ1n) is 11.6. The highest BCUT2D eigenvalue weighted by molar-refractivity contribution is 5.72. The van der Waals surface area contributed by atoms with Crippen LogP contribution >= 0.6 is 0 Å². The largest absolute Gasteiger partial charge is 0.491 e. The molecule has 0 heterocycles. The molecule has 0 aliphatic heterocycles. The first-order chi connectivity index (χ1) is 16.0. The molecule has 4 heteroatoms. The first-order valence-corrected chi connectivity index (χ1v) is 11.6. The van der Waals surface area contributed by atoms with Crippen LogP contribution in [-0.4, -0.2) is 6.61 Å². The first kappa shape index (κ1) is 23.2. The van der Waals surface area contributed by atoms with Gasteiger partial charge in [0, 0.05) is 5.56 Å². The molecule has 1 saturated carbocycles. The van der Waals surface area contributed by atoms with Gasteiger partial charge in [0.05, 0.1) is 6.61 Å². The van der Waals surface area contributed by atoms with E-state index in [-0.39, 0.29) is 17.2 Å². The van der Waals surface area contributed by atoms with Crippen molar-refractivity contribution in [2.75, 3.05) is 6.61 Å². The van der Waals surface area contributed by atoms with Gasteiger partial charge in [0.2, 0.25) is 0 Å². The summed E-state index contributed by atoms with van der Waals surface area (Å²) in [6.45, 7) is 4.43. The lowest BCUT2D eigenvalue weighted by Gasteiger charge is -2.27. The zero-order chi connectivity index (χ0) is 23.4. The molecule has 0 unspecified atom stereocenters. The van der Waals surface area contributed by atoms with Crippen LogP contribution < -0.4 is 4.74 Å². The van der Waals surface area contributed by atoms with E-state index < -0.39 is 17.5 Å². The fourth-order valence-corrected chi connectivity index (χ4v) is 4.52. The summed E-state index contributed by atoms with van der Waals surface area (Å²) >= 11 is 0. The Balaban J connectivity index is 1.48. The van der Waals surface area contributed by atoms with Crippen LogP contribution in [-0.2, 0) is 0 Å². The Hall–Kier alpha value is -3.01. The summed E-state index contributed by atoms with van der Waals surface area (Å²) in [5, 5.41) is 0. The van der Waals surface area contributed by atoms with Gasteiger partial charge < -0.3 is 4.74 Å². The van der Waals surface area contributed by atoms with Gasteiger partial charge >= 0.3 is 0 Å². The number of benzene rings is 3. The van der Waals surface area contributed by atoms with Crippen LogP contribution in [0.5, 0.6) is 5.75 Å². The zero-order valence-corrected chi connectivity index (χ0v) is 19.1. The Kier molecular flexibility index (Phi) is 7.22. The van der Waals surface area contributed by atoms with Gasteiger partial charge in [0.1, 0.15) is 0 Å². The Morgan fingerprint density at radius 2 is 1.52 bits per heavy atom. The topological polar surface area (TPSA) is 9.23 Å². The smallest absolute Gasteiger partial charge is 0.166 e. The van der Waals surface area contributed by atoms with E-state index in [2.05, 4.69) is 6.92 Å². The second-order valence-corrected chi connectivity index (χ2v) is 8.86. The van der Waals surface area contributed by atoms with Crippen molar-refractivity contribution in [2.45, 2.75) is 45.4 Å². The minimum Gasteiger partial charge on any atom is -0.491 e. The summed E-state index contributed by atoms with van der Waals surface area (Å²) in [7, 11) is 0. The SMILES string of the molecule is CCOc1ccc(-c2ccc(/C=C/c3ccc(C4CCC(C)CC4)c(F)c3F)cc2)cc1F. The van der Waals surface area contributed by atoms with E-state index in [4.69, 9.17) is 4.74 Å². The molecule has 1 fully saturated rings. The molecule has 0 atom stereocenters. The highest BCUT2D eigenvalue weighted by atomic mass is 19.2. The van der Waals surface area contributed by atoms with E-state index in [1.807, 2.05) is 37.3 Å². The van der Waals surface area contributed by atoms with E-state index >= 15 is 0 Å². The summed E-state index contributed by atoms with van der Waals surface area (Å²) in [5.41, 5.74) is 3.18. The second kappa shape index (κ2) is 10.3. The van der Waals surface area contributed by atoms with Crippen molar-refractivity contribution >= 4 is 12.2 Å². The molecular weight excluding hydrogens is 421 g/mol. The fraction of sp³-hybridized carbons (Fsp3) is 0.310. The summed E-state index contributed by atoms with van der Waals surface area (Å²) < 4.78 is 48.9. The number of hydrogen-bond acceptors (Lipinski definition) is 1. The minimum absolute atomic E-state index is 0.105. The summed E-state index contributed by atoms with van der Waals surface area (Å²) in [6, 6.07) is 15.8. The van der Waals surface area contributed by atoms with E-state index in [1.54, 1.807) is 30.4 Å². The van der Waals surface area contributed by atoms with E-state index in [0.29, 0.717) is 18.1 Å². The third-order valence-electron chi connectivity index (χ3n) is 6.53. The molecule has 1 aliphatic carbocycles. The van der Waals surface area contributed by atoms with Crippen LogP contribution in [0.4, 0.5) is 13.2 Å². The summed E-state index contributed by atoms with van der Waals surface area (Å²) in [6.07, 6.45) is 7.30. The second-order valence-electron chi connectivity index (χ2n) is 8.86. The maximum Gasteiger partial charge on any atom is 0.166 e. The van der Waals surface area contributed by atoms with Crippen LogP contribution in [0.2, 0.25) is 0 Å². The van der Waals surface area contributed by atoms with Gasteiger partial charge in [0.15, 0.2) is 23.2 Å². The molecule has 0 bridgehead atoms. The number of halogens is 3. The molecule has 0 saturated heterocycles. The lowest BCUT2D eigenvalue weighted by molar-refractivity contribution is 0.321. The Labute approximate surface area is 193 Å². The van der Waals surface area contributed by atoms with Crippen molar-refractivity contribution in [3.05, 3.63) is 88.7 Å². The van der Waals surface area contributed by atoms with Gasteiger partial charge in [-0.1, -0.05) is 74.4 Å². The summed E-state index contributed by atoms with van der Waals surface area (Å²) in [5.74, 6) is -0.903. The molecule has 0 N–H and O–H groups in total. The fourth-order valence-electron chi connectivity index (χ4n) is 4.52. The molecule has 33 heavy (non-hydrogen) atoms. The maximum absolute atomic E-state index is 14.8. The molecule has 3 aromatic carbocycles. The monoisotopic (exact) mass is 450 g/mol. The Morgan fingerprint density at radius 1 is 0.818 bits per heavy atom. The van der Waals surface area contributed by atoms with Crippen LogP contribution in [0.25, 0.3) is 23.3 Å². The highest BCUT2D eigenvalue weighted by Crippen LogP contribution is 2.37. The third-order valence-corrected chi connectivity index (χ3v) is 6.53. The quantitative estimate of drug-likeness (QED) is 0.342. The Morgan fingerprint density at radius 3 is 2.18 bits per heavy atom. The molecule has 0 amide bonds.